The standard InChI is InChI=1S/C15H23N/c1-13(2)15(9-10-15)12-16-11-8-14-6-4-3-5-7-14/h3-7,13,16H,8-12H2,1-2H3. The van der Waals surface area contributed by atoms with Crippen molar-refractivity contribution < 1.29 is 0 Å². The predicted molar refractivity (Wildman–Crippen MR) is 69.5 cm³/mol. The first-order chi connectivity index (χ1) is 7.73. The Bertz CT molecular complexity index is 311. The molecule has 0 bridgehead atoms. The van der Waals surface area contributed by atoms with Crippen molar-refractivity contribution in [2.75, 3.05) is 13.1 Å². The quantitative estimate of drug-likeness (QED) is 0.721. The van der Waals surface area contributed by atoms with E-state index in [0.29, 0.717) is 5.41 Å². The first-order valence-electron chi connectivity index (χ1n) is 6.48. The maximum Gasteiger partial charge on any atom is 0.00104 e. The molecule has 2 rings (SSSR count). The summed E-state index contributed by atoms with van der Waals surface area (Å²) in [4.78, 5) is 0. The Labute approximate surface area is 99.3 Å². The minimum Gasteiger partial charge on any atom is -0.316 e. The van der Waals surface area contributed by atoms with Gasteiger partial charge in [0.2, 0.25) is 0 Å². The predicted octanol–water partition coefficient (Wildman–Crippen LogP) is 3.25. The molecule has 0 unspecified atom stereocenters. The molecule has 0 amide bonds. The highest BCUT2D eigenvalue weighted by Gasteiger charge is 2.44. The molecule has 1 N–H and O–H groups in total. The third kappa shape index (κ3) is 2.85. The van der Waals surface area contributed by atoms with Gasteiger partial charge in [-0.05, 0) is 42.7 Å². The molecule has 0 heterocycles. The van der Waals surface area contributed by atoms with E-state index in [1.165, 1.54) is 24.9 Å². The lowest BCUT2D eigenvalue weighted by Gasteiger charge is -2.20. The van der Waals surface area contributed by atoms with Crippen LogP contribution in [0.15, 0.2) is 30.3 Å². The second kappa shape index (κ2) is 5.01. The monoisotopic (exact) mass is 217 g/mol. The van der Waals surface area contributed by atoms with Crippen molar-refractivity contribution >= 4 is 0 Å². The van der Waals surface area contributed by atoms with Crippen LogP contribution >= 0.6 is 0 Å². The van der Waals surface area contributed by atoms with Gasteiger partial charge in [0, 0.05) is 6.54 Å². The van der Waals surface area contributed by atoms with Crippen LogP contribution in [-0.2, 0) is 6.42 Å². The average molecular weight is 217 g/mol. The lowest BCUT2D eigenvalue weighted by Crippen LogP contribution is -2.29. The molecule has 1 aromatic carbocycles. The number of rotatable bonds is 6. The van der Waals surface area contributed by atoms with Gasteiger partial charge in [-0.1, -0.05) is 44.2 Å². The molecule has 0 atom stereocenters. The van der Waals surface area contributed by atoms with Crippen LogP contribution in [0, 0.1) is 11.3 Å². The zero-order chi connectivity index (χ0) is 11.4. The summed E-state index contributed by atoms with van der Waals surface area (Å²) in [6.07, 6.45) is 3.99. The van der Waals surface area contributed by atoms with Gasteiger partial charge in [-0.15, -0.1) is 0 Å². The van der Waals surface area contributed by atoms with Crippen LogP contribution in [0.1, 0.15) is 32.3 Å². The molecule has 0 saturated heterocycles. The first kappa shape index (κ1) is 11.7. The maximum atomic E-state index is 3.62. The summed E-state index contributed by atoms with van der Waals surface area (Å²) in [6.45, 7) is 7.02. The zero-order valence-electron chi connectivity index (χ0n) is 10.5. The van der Waals surface area contributed by atoms with E-state index in [-0.39, 0.29) is 0 Å². The Kier molecular flexibility index (Phi) is 3.65. The highest BCUT2D eigenvalue weighted by atomic mass is 14.9. The fourth-order valence-corrected chi connectivity index (χ4v) is 2.33. The molecule has 1 aliphatic rings. The van der Waals surface area contributed by atoms with Crippen molar-refractivity contribution in [3.05, 3.63) is 35.9 Å². The Morgan fingerprint density at radius 1 is 1.19 bits per heavy atom. The Balaban J connectivity index is 1.66. The Hall–Kier alpha value is -0.820. The summed E-state index contributed by atoms with van der Waals surface area (Å²) < 4.78 is 0. The maximum absolute atomic E-state index is 3.62. The summed E-state index contributed by atoms with van der Waals surface area (Å²) in [6, 6.07) is 10.7. The molecule has 1 heteroatoms. The topological polar surface area (TPSA) is 12.0 Å². The highest BCUT2D eigenvalue weighted by Crippen LogP contribution is 2.51. The molecular weight excluding hydrogens is 194 g/mol. The lowest BCUT2D eigenvalue weighted by atomic mass is 9.92. The van der Waals surface area contributed by atoms with Gasteiger partial charge in [0.15, 0.2) is 0 Å². The van der Waals surface area contributed by atoms with Crippen molar-refractivity contribution in [3.8, 4) is 0 Å². The number of hydrogen-bond acceptors (Lipinski definition) is 1. The second-order valence-electron chi connectivity index (χ2n) is 5.43. The van der Waals surface area contributed by atoms with Crippen molar-refractivity contribution in [1.82, 2.24) is 5.32 Å². The summed E-state index contributed by atoms with van der Waals surface area (Å²) >= 11 is 0. The molecule has 0 spiro atoms. The molecule has 0 aromatic heterocycles. The van der Waals surface area contributed by atoms with E-state index in [4.69, 9.17) is 0 Å². The Morgan fingerprint density at radius 2 is 1.88 bits per heavy atom. The molecule has 1 fully saturated rings. The fraction of sp³-hybridized carbons (Fsp3) is 0.600. The van der Waals surface area contributed by atoms with Crippen molar-refractivity contribution in [2.45, 2.75) is 33.1 Å². The van der Waals surface area contributed by atoms with Gasteiger partial charge in [-0.25, -0.2) is 0 Å². The van der Waals surface area contributed by atoms with Crippen LogP contribution in [0.4, 0.5) is 0 Å². The third-order valence-electron chi connectivity index (χ3n) is 4.03. The number of nitrogens with one attached hydrogen (secondary N) is 1. The van der Waals surface area contributed by atoms with Crippen LogP contribution in [-0.4, -0.2) is 13.1 Å². The Morgan fingerprint density at radius 3 is 2.44 bits per heavy atom. The third-order valence-corrected chi connectivity index (χ3v) is 4.03. The molecule has 0 aliphatic heterocycles. The molecule has 16 heavy (non-hydrogen) atoms. The SMILES string of the molecule is CC(C)C1(CNCCc2ccccc2)CC1. The van der Waals surface area contributed by atoms with Gasteiger partial charge < -0.3 is 5.32 Å². The largest absolute Gasteiger partial charge is 0.316 e. The van der Waals surface area contributed by atoms with Crippen LogP contribution in [0.3, 0.4) is 0 Å². The minimum atomic E-state index is 0.636. The van der Waals surface area contributed by atoms with Crippen LogP contribution in [0.2, 0.25) is 0 Å². The molecular formula is C15H23N. The molecule has 1 aromatic rings. The van der Waals surface area contributed by atoms with Gasteiger partial charge in [-0.2, -0.15) is 0 Å². The highest BCUT2D eigenvalue weighted by molar-refractivity contribution is 5.14. The fourth-order valence-electron chi connectivity index (χ4n) is 2.33. The van der Waals surface area contributed by atoms with E-state index >= 15 is 0 Å². The summed E-state index contributed by atoms with van der Waals surface area (Å²) in [5.74, 6) is 0.830. The van der Waals surface area contributed by atoms with E-state index in [1.807, 2.05) is 0 Å². The second-order valence-corrected chi connectivity index (χ2v) is 5.43. The molecule has 88 valence electrons. The minimum absolute atomic E-state index is 0.636. The van der Waals surface area contributed by atoms with Crippen molar-refractivity contribution in [1.29, 1.82) is 0 Å². The van der Waals surface area contributed by atoms with E-state index in [9.17, 15) is 0 Å². The molecule has 0 radical (unpaired) electrons. The first-order valence-corrected chi connectivity index (χ1v) is 6.48. The van der Waals surface area contributed by atoms with Gasteiger partial charge in [0.1, 0.15) is 0 Å². The van der Waals surface area contributed by atoms with Crippen LogP contribution in [0.25, 0.3) is 0 Å². The van der Waals surface area contributed by atoms with Crippen LogP contribution in [0.5, 0.6) is 0 Å². The average Bonchev–Trinajstić information content (AvgIpc) is 3.07. The van der Waals surface area contributed by atoms with Gasteiger partial charge >= 0.3 is 0 Å². The summed E-state index contributed by atoms with van der Waals surface area (Å²) in [5.41, 5.74) is 2.07. The zero-order valence-corrected chi connectivity index (χ0v) is 10.5. The molecule has 1 nitrogen and oxygen atoms in total. The number of benzene rings is 1. The van der Waals surface area contributed by atoms with E-state index < -0.39 is 0 Å². The smallest absolute Gasteiger partial charge is 0.00104 e. The van der Waals surface area contributed by atoms with Gasteiger partial charge in [0.05, 0.1) is 0 Å². The molecule has 1 aliphatic carbocycles. The van der Waals surface area contributed by atoms with Gasteiger partial charge in [0.25, 0.3) is 0 Å². The lowest BCUT2D eigenvalue weighted by molar-refractivity contribution is 0.339. The van der Waals surface area contributed by atoms with E-state index in [0.717, 1.165) is 18.9 Å². The molecule has 1 saturated carbocycles. The van der Waals surface area contributed by atoms with E-state index in [2.05, 4.69) is 49.5 Å². The van der Waals surface area contributed by atoms with Gasteiger partial charge in [-0.3, -0.25) is 0 Å². The van der Waals surface area contributed by atoms with Crippen LogP contribution < -0.4 is 5.32 Å². The van der Waals surface area contributed by atoms with Crippen molar-refractivity contribution in [2.24, 2.45) is 11.3 Å². The van der Waals surface area contributed by atoms with Crippen molar-refractivity contribution in [3.63, 3.8) is 0 Å². The summed E-state index contributed by atoms with van der Waals surface area (Å²) in [5, 5.41) is 3.62. The number of hydrogen-bond donors (Lipinski definition) is 1. The normalized spacial score (nSPS) is 17.7. The van der Waals surface area contributed by atoms with E-state index in [1.54, 1.807) is 0 Å². The summed E-state index contributed by atoms with van der Waals surface area (Å²) in [7, 11) is 0.